The van der Waals surface area contributed by atoms with Crippen LogP contribution in [0.15, 0.2) is 24.3 Å². The van der Waals surface area contributed by atoms with Crippen LogP contribution in [0, 0.1) is 0 Å². The molecule has 0 radical (unpaired) electrons. The number of carbonyl (C=O) groups is 1. The van der Waals surface area contributed by atoms with E-state index in [9.17, 15) is 4.79 Å². The number of benzene rings is 1. The molecule has 20 heavy (non-hydrogen) atoms. The fraction of sp³-hybridized carbons (Fsp3) is 0.500. The molecule has 0 spiro atoms. The Morgan fingerprint density at radius 1 is 1.30 bits per heavy atom. The molecule has 0 aromatic heterocycles. The van der Waals surface area contributed by atoms with E-state index in [4.69, 9.17) is 17.3 Å². The van der Waals surface area contributed by atoms with Crippen molar-refractivity contribution >= 4 is 29.9 Å². The monoisotopic (exact) mass is 317 g/mol. The van der Waals surface area contributed by atoms with Gasteiger partial charge in [-0.15, -0.1) is 12.4 Å². The van der Waals surface area contributed by atoms with Gasteiger partial charge < -0.3 is 10.6 Å². The summed E-state index contributed by atoms with van der Waals surface area (Å²) in [5, 5.41) is 0.802. The zero-order valence-electron chi connectivity index (χ0n) is 11.6. The Bertz CT molecular complexity index is 446. The molecule has 0 bridgehead atoms. The lowest BCUT2D eigenvalue weighted by Gasteiger charge is -2.35. The van der Waals surface area contributed by atoms with Crippen molar-refractivity contribution in [1.29, 1.82) is 0 Å². The van der Waals surface area contributed by atoms with Crippen LogP contribution < -0.4 is 5.73 Å². The molecule has 1 atom stereocenters. The van der Waals surface area contributed by atoms with Gasteiger partial charge in [0.05, 0.1) is 6.04 Å². The van der Waals surface area contributed by atoms with Crippen molar-refractivity contribution in [3.63, 3.8) is 0 Å². The molecule has 0 saturated carbocycles. The van der Waals surface area contributed by atoms with Crippen molar-refractivity contribution in [1.82, 2.24) is 9.80 Å². The third-order valence-corrected chi connectivity index (χ3v) is 3.79. The summed E-state index contributed by atoms with van der Waals surface area (Å²) in [5.41, 5.74) is 6.76. The molecule has 1 aromatic rings. The topological polar surface area (TPSA) is 49.6 Å². The summed E-state index contributed by atoms with van der Waals surface area (Å²) in [6.45, 7) is 5.78. The predicted molar refractivity (Wildman–Crippen MR) is 84.2 cm³/mol. The van der Waals surface area contributed by atoms with Gasteiger partial charge >= 0.3 is 0 Å². The van der Waals surface area contributed by atoms with E-state index < -0.39 is 6.04 Å². The number of halogens is 2. The fourth-order valence-corrected chi connectivity index (χ4v) is 2.48. The van der Waals surface area contributed by atoms with Crippen LogP contribution in [-0.2, 0) is 11.3 Å². The molecule has 1 aromatic carbocycles. The first-order chi connectivity index (χ1) is 9.08. The lowest BCUT2D eigenvalue weighted by molar-refractivity contribution is -0.134. The SMILES string of the molecule is CC(N)C(=O)N1CCN(Cc2ccccc2Cl)CC1.Cl. The second kappa shape index (κ2) is 7.84. The Morgan fingerprint density at radius 3 is 2.45 bits per heavy atom. The van der Waals surface area contributed by atoms with Crippen LogP contribution in [-0.4, -0.2) is 47.9 Å². The van der Waals surface area contributed by atoms with Crippen molar-refractivity contribution < 1.29 is 4.79 Å². The minimum atomic E-state index is -0.407. The molecule has 1 fully saturated rings. The predicted octanol–water partition coefficient (Wildman–Crippen LogP) is 1.75. The van der Waals surface area contributed by atoms with Gasteiger partial charge in [0.1, 0.15) is 0 Å². The molecule has 1 aliphatic rings. The molecular formula is C14H21Cl2N3O. The van der Waals surface area contributed by atoms with Gasteiger partial charge in [0.2, 0.25) is 5.91 Å². The molecule has 2 N–H and O–H groups in total. The zero-order chi connectivity index (χ0) is 13.8. The van der Waals surface area contributed by atoms with Gasteiger partial charge in [-0.25, -0.2) is 0 Å². The van der Waals surface area contributed by atoms with Crippen molar-refractivity contribution in [2.75, 3.05) is 26.2 Å². The lowest BCUT2D eigenvalue weighted by Crippen LogP contribution is -2.52. The van der Waals surface area contributed by atoms with Gasteiger partial charge in [0.15, 0.2) is 0 Å². The Balaban J connectivity index is 0.00000200. The molecule has 1 unspecified atom stereocenters. The van der Waals surface area contributed by atoms with Gasteiger partial charge in [-0.1, -0.05) is 29.8 Å². The number of amides is 1. The number of hydrogen-bond donors (Lipinski definition) is 1. The van der Waals surface area contributed by atoms with Crippen molar-refractivity contribution in [2.24, 2.45) is 5.73 Å². The number of rotatable bonds is 3. The maximum absolute atomic E-state index is 11.8. The smallest absolute Gasteiger partial charge is 0.239 e. The van der Waals surface area contributed by atoms with Crippen molar-refractivity contribution in [3.8, 4) is 0 Å². The average Bonchev–Trinajstić information content (AvgIpc) is 2.41. The number of piperazine rings is 1. The van der Waals surface area contributed by atoms with Crippen LogP contribution in [0.25, 0.3) is 0 Å². The molecule has 1 amide bonds. The molecule has 2 rings (SSSR count). The quantitative estimate of drug-likeness (QED) is 0.924. The first-order valence-corrected chi connectivity index (χ1v) is 6.96. The molecular weight excluding hydrogens is 297 g/mol. The molecule has 6 heteroatoms. The lowest BCUT2D eigenvalue weighted by atomic mass is 10.2. The van der Waals surface area contributed by atoms with Gasteiger partial charge in [0.25, 0.3) is 0 Å². The highest BCUT2D eigenvalue weighted by molar-refractivity contribution is 6.31. The number of nitrogens with two attached hydrogens (primary N) is 1. The first kappa shape index (κ1) is 17.2. The molecule has 1 heterocycles. The maximum atomic E-state index is 11.8. The number of carbonyl (C=O) groups excluding carboxylic acids is 1. The molecule has 112 valence electrons. The van der Waals surface area contributed by atoms with Crippen LogP contribution in [0.2, 0.25) is 5.02 Å². The van der Waals surface area contributed by atoms with Crippen molar-refractivity contribution in [2.45, 2.75) is 19.5 Å². The first-order valence-electron chi connectivity index (χ1n) is 6.58. The molecule has 1 saturated heterocycles. The average molecular weight is 318 g/mol. The summed E-state index contributed by atoms with van der Waals surface area (Å²) in [4.78, 5) is 15.9. The van der Waals surface area contributed by atoms with Gasteiger partial charge in [-0.2, -0.15) is 0 Å². The van der Waals surface area contributed by atoms with E-state index in [0.717, 1.165) is 43.3 Å². The third kappa shape index (κ3) is 4.35. The highest BCUT2D eigenvalue weighted by atomic mass is 35.5. The normalized spacial score (nSPS) is 17.4. The van der Waals surface area contributed by atoms with E-state index in [-0.39, 0.29) is 18.3 Å². The number of nitrogens with zero attached hydrogens (tertiary/aromatic N) is 2. The van der Waals surface area contributed by atoms with Gasteiger partial charge in [0, 0.05) is 37.7 Å². The van der Waals surface area contributed by atoms with E-state index in [1.54, 1.807) is 6.92 Å². The Morgan fingerprint density at radius 2 is 1.90 bits per heavy atom. The molecule has 4 nitrogen and oxygen atoms in total. The minimum Gasteiger partial charge on any atom is -0.339 e. The van der Waals surface area contributed by atoms with Crippen molar-refractivity contribution in [3.05, 3.63) is 34.9 Å². The zero-order valence-corrected chi connectivity index (χ0v) is 13.2. The number of hydrogen-bond acceptors (Lipinski definition) is 3. The summed E-state index contributed by atoms with van der Waals surface area (Å²) in [6, 6.07) is 7.48. The standard InChI is InChI=1S/C14H20ClN3O.ClH/c1-11(16)14(19)18-8-6-17(7-9-18)10-12-4-2-3-5-13(12)15;/h2-5,11H,6-10,16H2,1H3;1H. The van der Waals surface area contributed by atoms with Gasteiger partial charge in [-0.3, -0.25) is 9.69 Å². The maximum Gasteiger partial charge on any atom is 0.239 e. The highest BCUT2D eigenvalue weighted by Crippen LogP contribution is 2.17. The molecule has 0 aliphatic carbocycles. The third-order valence-electron chi connectivity index (χ3n) is 3.43. The van der Waals surface area contributed by atoms with E-state index in [1.165, 1.54) is 0 Å². The summed E-state index contributed by atoms with van der Waals surface area (Å²) in [7, 11) is 0. The Hall–Kier alpha value is -0.810. The van der Waals surface area contributed by atoms with Crippen LogP contribution in [0.4, 0.5) is 0 Å². The summed E-state index contributed by atoms with van der Waals surface area (Å²) in [6.07, 6.45) is 0. The minimum absolute atomic E-state index is 0. The van der Waals surface area contributed by atoms with Crippen LogP contribution >= 0.6 is 24.0 Å². The van der Waals surface area contributed by atoms with E-state index in [1.807, 2.05) is 29.2 Å². The van der Waals surface area contributed by atoms with Crippen LogP contribution in [0.1, 0.15) is 12.5 Å². The van der Waals surface area contributed by atoms with Crippen LogP contribution in [0.5, 0.6) is 0 Å². The van der Waals surface area contributed by atoms with Gasteiger partial charge in [-0.05, 0) is 18.6 Å². The largest absolute Gasteiger partial charge is 0.339 e. The van der Waals surface area contributed by atoms with E-state index in [2.05, 4.69) is 4.90 Å². The second-order valence-corrected chi connectivity index (χ2v) is 5.39. The second-order valence-electron chi connectivity index (χ2n) is 4.98. The Labute approximate surface area is 131 Å². The highest BCUT2D eigenvalue weighted by Gasteiger charge is 2.23. The van der Waals surface area contributed by atoms with E-state index >= 15 is 0 Å². The summed E-state index contributed by atoms with van der Waals surface area (Å²) >= 11 is 6.16. The van der Waals surface area contributed by atoms with E-state index in [0.29, 0.717) is 0 Å². The Kier molecular flexibility index (Phi) is 6.76. The fourth-order valence-electron chi connectivity index (χ4n) is 2.28. The molecule has 1 aliphatic heterocycles. The van der Waals surface area contributed by atoms with Crippen LogP contribution in [0.3, 0.4) is 0 Å². The summed E-state index contributed by atoms with van der Waals surface area (Å²) < 4.78 is 0. The summed E-state index contributed by atoms with van der Waals surface area (Å²) in [5.74, 6) is 0.0393.